The number of hydrogen-bond acceptors (Lipinski definition) is 5. The van der Waals surface area contributed by atoms with Crippen molar-refractivity contribution in [2.75, 3.05) is 6.61 Å². The predicted octanol–water partition coefficient (Wildman–Crippen LogP) is 5.28. The van der Waals surface area contributed by atoms with Gasteiger partial charge < -0.3 is 9.14 Å². The van der Waals surface area contributed by atoms with E-state index in [1.54, 1.807) is 22.8 Å². The third kappa shape index (κ3) is 4.68. The number of nitriles is 1. The molecule has 0 unspecified atom stereocenters. The lowest BCUT2D eigenvalue weighted by Crippen LogP contribution is -2.24. The van der Waals surface area contributed by atoms with E-state index in [0.29, 0.717) is 52.0 Å². The van der Waals surface area contributed by atoms with Gasteiger partial charge >= 0.3 is 0 Å². The highest BCUT2D eigenvalue weighted by Gasteiger charge is 2.15. The lowest BCUT2D eigenvalue weighted by atomic mass is 10.2. The minimum absolute atomic E-state index is 0.0961. The topological polar surface area (TPSA) is 72.3 Å². The molecule has 0 aliphatic rings. The van der Waals surface area contributed by atoms with Crippen LogP contribution in [0.25, 0.3) is 16.4 Å². The summed E-state index contributed by atoms with van der Waals surface area (Å²) in [5, 5.41) is 11.4. The van der Waals surface area contributed by atoms with Crippen LogP contribution < -0.4 is 5.56 Å². The molecule has 1 aromatic carbocycles. The lowest BCUT2D eigenvalue weighted by molar-refractivity contribution is 0.0743. The van der Waals surface area contributed by atoms with E-state index in [2.05, 4.69) is 6.07 Å². The quantitative estimate of drug-likeness (QED) is 0.200. The van der Waals surface area contributed by atoms with Crippen molar-refractivity contribution in [1.29, 1.82) is 5.26 Å². The highest BCUT2D eigenvalue weighted by molar-refractivity contribution is 7.98. The van der Waals surface area contributed by atoms with Crippen LogP contribution in [0.2, 0.25) is 5.02 Å². The molecule has 32 heavy (non-hydrogen) atoms. The first-order chi connectivity index (χ1) is 15.5. The molecule has 8 heteroatoms. The van der Waals surface area contributed by atoms with Crippen molar-refractivity contribution in [2.45, 2.75) is 43.8 Å². The molecule has 0 aliphatic carbocycles. The number of ether oxygens (including phenoxy) is 1. The Morgan fingerprint density at radius 3 is 2.91 bits per heavy atom. The molecule has 0 radical (unpaired) electrons. The molecule has 6 nitrogen and oxygen atoms in total. The summed E-state index contributed by atoms with van der Waals surface area (Å²) in [5.41, 5.74) is 2.88. The highest BCUT2D eigenvalue weighted by Crippen LogP contribution is 2.27. The first-order valence-corrected chi connectivity index (χ1v) is 11.8. The number of fused-ring (bicyclic) bond motifs is 2. The zero-order valence-corrected chi connectivity index (χ0v) is 19.5. The minimum atomic E-state index is -0.0961. The van der Waals surface area contributed by atoms with E-state index in [-0.39, 0.29) is 11.7 Å². The van der Waals surface area contributed by atoms with E-state index in [1.165, 1.54) is 11.8 Å². The van der Waals surface area contributed by atoms with Gasteiger partial charge in [-0.05, 0) is 56.2 Å². The Morgan fingerprint density at radius 1 is 1.28 bits per heavy atom. The standard InChI is InChI=1S/C24H23ClN4O2S/c1-16(2)31-11-5-10-29-23(30)19-8-7-18(25)12-21(19)27-24(29)32-15-17-14-28-9-4-3-6-22(28)20(17)13-26/h3-4,6-9,12,14,16H,5,10-11,15H2,1-2H3. The van der Waals surface area contributed by atoms with Crippen molar-refractivity contribution in [3.8, 4) is 6.07 Å². The van der Waals surface area contributed by atoms with Gasteiger partial charge in [-0.2, -0.15) is 5.26 Å². The maximum atomic E-state index is 13.2. The molecular weight excluding hydrogens is 444 g/mol. The van der Waals surface area contributed by atoms with Gasteiger partial charge in [0.05, 0.1) is 28.1 Å². The van der Waals surface area contributed by atoms with Crippen molar-refractivity contribution >= 4 is 39.8 Å². The van der Waals surface area contributed by atoms with Crippen LogP contribution in [-0.4, -0.2) is 26.7 Å². The fourth-order valence-electron chi connectivity index (χ4n) is 3.58. The molecule has 0 bridgehead atoms. The average molecular weight is 467 g/mol. The summed E-state index contributed by atoms with van der Waals surface area (Å²) < 4.78 is 9.28. The first-order valence-electron chi connectivity index (χ1n) is 10.4. The molecule has 0 aliphatic heterocycles. The zero-order valence-electron chi connectivity index (χ0n) is 17.9. The molecular formula is C24H23ClN4O2S. The molecule has 0 amide bonds. The molecule has 0 atom stereocenters. The molecule has 4 rings (SSSR count). The molecule has 0 fully saturated rings. The number of hydrogen-bond donors (Lipinski definition) is 0. The van der Waals surface area contributed by atoms with E-state index in [0.717, 1.165) is 11.1 Å². The zero-order chi connectivity index (χ0) is 22.7. The molecule has 0 spiro atoms. The molecule has 0 N–H and O–H groups in total. The van der Waals surface area contributed by atoms with Crippen molar-refractivity contribution in [3.05, 3.63) is 75.3 Å². The van der Waals surface area contributed by atoms with Crippen molar-refractivity contribution in [2.24, 2.45) is 0 Å². The number of aromatic nitrogens is 3. The Kier molecular flexibility index (Phi) is 6.85. The lowest BCUT2D eigenvalue weighted by Gasteiger charge is -2.14. The summed E-state index contributed by atoms with van der Waals surface area (Å²) in [5.74, 6) is 0.519. The highest BCUT2D eigenvalue weighted by atomic mass is 35.5. The number of pyridine rings is 1. The van der Waals surface area contributed by atoms with Crippen molar-refractivity contribution in [3.63, 3.8) is 0 Å². The van der Waals surface area contributed by atoms with Crippen LogP contribution in [0.4, 0.5) is 0 Å². The summed E-state index contributed by atoms with van der Waals surface area (Å²) in [7, 11) is 0. The predicted molar refractivity (Wildman–Crippen MR) is 128 cm³/mol. The fourth-order valence-corrected chi connectivity index (χ4v) is 4.74. The first kappa shape index (κ1) is 22.4. The Labute approximate surface area is 195 Å². The van der Waals surface area contributed by atoms with Gasteiger partial charge in [0.15, 0.2) is 5.16 Å². The molecule has 3 aromatic heterocycles. The molecule has 4 aromatic rings. The Hall–Kier alpha value is -2.79. The third-order valence-electron chi connectivity index (χ3n) is 5.09. The van der Waals surface area contributed by atoms with Crippen LogP contribution in [0.15, 0.2) is 58.7 Å². The van der Waals surface area contributed by atoms with Gasteiger partial charge in [0.2, 0.25) is 0 Å². The largest absolute Gasteiger partial charge is 0.379 e. The molecule has 0 saturated heterocycles. The average Bonchev–Trinajstić information content (AvgIpc) is 3.13. The van der Waals surface area contributed by atoms with Gasteiger partial charge in [0.1, 0.15) is 6.07 Å². The van der Waals surface area contributed by atoms with Crippen LogP contribution in [-0.2, 0) is 17.0 Å². The van der Waals surface area contributed by atoms with Crippen LogP contribution in [0, 0.1) is 11.3 Å². The normalized spacial score (nSPS) is 11.5. The maximum absolute atomic E-state index is 13.2. The van der Waals surface area contributed by atoms with Gasteiger partial charge in [-0.15, -0.1) is 0 Å². The van der Waals surface area contributed by atoms with E-state index in [9.17, 15) is 10.1 Å². The smallest absolute Gasteiger partial charge is 0.262 e. The van der Waals surface area contributed by atoms with Gasteiger partial charge in [-0.25, -0.2) is 4.98 Å². The second-order valence-electron chi connectivity index (χ2n) is 7.71. The van der Waals surface area contributed by atoms with Crippen LogP contribution in [0.5, 0.6) is 0 Å². The van der Waals surface area contributed by atoms with Crippen LogP contribution in [0.1, 0.15) is 31.4 Å². The Bertz CT molecular complexity index is 1370. The van der Waals surface area contributed by atoms with Crippen LogP contribution in [0.3, 0.4) is 0 Å². The molecule has 164 valence electrons. The van der Waals surface area contributed by atoms with Crippen molar-refractivity contribution < 1.29 is 4.74 Å². The Balaban J connectivity index is 1.68. The Morgan fingerprint density at radius 2 is 2.12 bits per heavy atom. The summed E-state index contributed by atoms with van der Waals surface area (Å²) in [4.78, 5) is 18.0. The number of nitrogens with zero attached hydrogens (tertiary/aromatic N) is 4. The molecule has 0 saturated carbocycles. The maximum Gasteiger partial charge on any atom is 0.262 e. The van der Waals surface area contributed by atoms with Crippen LogP contribution >= 0.6 is 23.4 Å². The summed E-state index contributed by atoms with van der Waals surface area (Å²) in [6.45, 7) is 5.05. The number of benzene rings is 1. The minimum Gasteiger partial charge on any atom is -0.379 e. The van der Waals surface area contributed by atoms with Gasteiger partial charge in [-0.1, -0.05) is 29.4 Å². The summed E-state index contributed by atoms with van der Waals surface area (Å²) >= 11 is 7.59. The van der Waals surface area contributed by atoms with E-state index < -0.39 is 0 Å². The number of halogens is 1. The second kappa shape index (κ2) is 9.78. The SMILES string of the molecule is CC(C)OCCCn1c(SCc2cn3ccccc3c2C#N)nc2cc(Cl)ccc2c1=O. The monoisotopic (exact) mass is 466 g/mol. The van der Waals surface area contributed by atoms with E-state index in [1.807, 2.05) is 48.8 Å². The second-order valence-corrected chi connectivity index (χ2v) is 9.09. The summed E-state index contributed by atoms with van der Waals surface area (Å²) in [6, 6.07) is 13.2. The number of thioether (sulfide) groups is 1. The van der Waals surface area contributed by atoms with E-state index >= 15 is 0 Å². The fraction of sp³-hybridized carbons (Fsp3) is 0.292. The van der Waals surface area contributed by atoms with Gasteiger partial charge in [0, 0.05) is 36.3 Å². The number of rotatable bonds is 8. The van der Waals surface area contributed by atoms with Crippen molar-refractivity contribution in [1.82, 2.24) is 14.0 Å². The third-order valence-corrected chi connectivity index (χ3v) is 6.35. The van der Waals surface area contributed by atoms with Gasteiger partial charge in [0.25, 0.3) is 5.56 Å². The molecule has 3 heterocycles. The summed E-state index contributed by atoms with van der Waals surface area (Å²) in [6.07, 6.45) is 4.72. The van der Waals surface area contributed by atoms with Gasteiger partial charge in [-0.3, -0.25) is 9.36 Å². The van der Waals surface area contributed by atoms with E-state index in [4.69, 9.17) is 21.3 Å².